The van der Waals surface area contributed by atoms with Gasteiger partial charge in [-0.25, -0.2) is 4.39 Å². The summed E-state index contributed by atoms with van der Waals surface area (Å²) in [5, 5.41) is 2.83. The Morgan fingerprint density at radius 2 is 1.67 bits per heavy atom. The summed E-state index contributed by atoms with van der Waals surface area (Å²) in [5.74, 6) is 0.731. The van der Waals surface area contributed by atoms with E-state index in [1.54, 1.807) is 42.6 Å². The summed E-state index contributed by atoms with van der Waals surface area (Å²) in [6.07, 6.45) is 3.14. The fourth-order valence-corrected chi connectivity index (χ4v) is 2.10. The van der Waals surface area contributed by atoms with E-state index in [1.807, 2.05) is 12.1 Å². The van der Waals surface area contributed by atoms with E-state index in [0.717, 1.165) is 5.56 Å². The molecule has 0 saturated heterocycles. The highest BCUT2D eigenvalue weighted by Crippen LogP contribution is 2.21. The number of halogens is 1. The second kappa shape index (κ2) is 7.37. The zero-order valence-corrected chi connectivity index (χ0v) is 12.8. The summed E-state index contributed by atoms with van der Waals surface area (Å²) in [7, 11) is 0. The molecule has 0 aliphatic rings. The number of pyridine rings is 1. The summed E-state index contributed by atoms with van der Waals surface area (Å²) < 4.78 is 18.5. The van der Waals surface area contributed by atoms with Gasteiger partial charge >= 0.3 is 0 Å². The predicted octanol–water partition coefficient (Wildman–Crippen LogP) is 3.94. The molecule has 1 amide bonds. The number of hydrogen-bond acceptors (Lipinski definition) is 3. The van der Waals surface area contributed by atoms with Crippen LogP contribution in [0.15, 0.2) is 73.1 Å². The predicted molar refractivity (Wildman–Crippen MR) is 88.3 cm³/mol. The minimum atomic E-state index is -0.304. The van der Waals surface area contributed by atoms with Gasteiger partial charge in [0.1, 0.15) is 17.3 Å². The van der Waals surface area contributed by atoms with Gasteiger partial charge in [-0.05, 0) is 54.1 Å². The minimum absolute atomic E-state index is 0.172. The van der Waals surface area contributed by atoms with Crippen molar-refractivity contribution >= 4 is 5.91 Å². The van der Waals surface area contributed by atoms with Crippen molar-refractivity contribution in [2.45, 2.75) is 6.54 Å². The molecule has 0 radical (unpaired) electrons. The Kier molecular flexibility index (Phi) is 4.81. The Bertz CT molecular complexity index is 803. The summed E-state index contributed by atoms with van der Waals surface area (Å²) in [5.41, 5.74) is 1.47. The fourth-order valence-electron chi connectivity index (χ4n) is 2.10. The van der Waals surface area contributed by atoms with Gasteiger partial charge in [-0.3, -0.25) is 9.78 Å². The Morgan fingerprint density at radius 3 is 2.29 bits per heavy atom. The number of aromatic nitrogens is 1. The average molecular weight is 322 g/mol. The van der Waals surface area contributed by atoms with Gasteiger partial charge in [-0.1, -0.05) is 12.1 Å². The van der Waals surface area contributed by atoms with E-state index in [0.29, 0.717) is 23.6 Å². The minimum Gasteiger partial charge on any atom is -0.457 e. The first-order chi connectivity index (χ1) is 11.7. The van der Waals surface area contributed by atoms with Crippen molar-refractivity contribution in [2.24, 2.45) is 0 Å². The third-order valence-corrected chi connectivity index (χ3v) is 3.35. The van der Waals surface area contributed by atoms with Crippen LogP contribution in [0.3, 0.4) is 0 Å². The second-order valence-corrected chi connectivity index (χ2v) is 5.12. The third-order valence-electron chi connectivity index (χ3n) is 3.35. The number of benzene rings is 2. The molecule has 0 aliphatic heterocycles. The largest absolute Gasteiger partial charge is 0.457 e. The summed E-state index contributed by atoms with van der Waals surface area (Å²) in [4.78, 5) is 15.9. The number of rotatable bonds is 5. The van der Waals surface area contributed by atoms with Gasteiger partial charge in [0.25, 0.3) is 5.91 Å². The van der Waals surface area contributed by atoms with Crippen LogP contribution in [0.25, 0.3) is 0 Å². The molecule has 1 aromatic heterocycles. The summed E-state index contributed by atoms with van der Waals surface area (Å²) >= 11 is 0. The fraction of sp³-hybridized carbons (Fsp3) is 0.0526. The molecule has 0 fully saturated rings. The van der Waals surface area contributed by atoms with Gasteiger partial charge in [-0.2, -0.15) is 0 Å². The molecule has 1 N–H and O–H groups in total. The van der Waals surface area contributed by atoms with Crippen molar-refractivity contribution in [3.8, 4) is 11.5 Å². The maximum Gasteiger partial charge on any atom is 0.253 e. The maximum atomic E-state index is 12.9. The smallest absolute Gasteiger partial charge is 0.253 e. The average Bonchev–Trinajstić information content (AvgIpc) is 2.63. The lowest BCUT2D eigenvalue weighted by Crippen LogP contribution is -2.22. The van der Waals surface area contributed by atoms with E-state index in [2.05, 4.69) is 10.3 Å². The van der Waals surface area contributed by atoms with E-state index in [4.69, 9.17) is 4.74 Å². The van der Waals surface area contributed by atoms with Crippen molar-refractivity contribution in [2.75, 3.05) is 0 Å². The van der Waals surface area contributed by atoms with Crippen LogP contribution in [0.2, 0.25) is 0 Å². The third kappa shape index (κ3) is 4.16. The zero-order valence-electron chi connectivity index (χ0n) is 12.8. The van der Waals surface area contributed by atoms with Gasteiger partial charge < -0.3 is 10.1 Å². The molecule has 120 valence electrons. The van der Waals surface area contributed by atoms with Crippen molar-refractivity contribution in [1.82, 2.24) is 10.3 Å². The molecular weight excluding hydrogens is 307 g/mol. The zero-order chi connectivity index (χ0) is 16.8. The molecular formula is C19H15FN2O2. The Balaban J connectivity index is 1.56. The topological polar surface area (TPSA) is 51.2 Å². The van der Waals surface area contributed by atoms with E-state index in [1.165, 1.54) is 18.3 Å². The van der Waals surface area contributed by atoms with E-state index >= 15 is 0 Å². The molecule has 0 unspecified atom stereocenters. The molecule has 24 heavy (non-hydrogen) atoms. The molecule has 0 saturated carbocycles. The molecule has 5 heteroatoms. The molecule has 3 rings (SSSR count). The van der Waals surface area contributed by atoms with Gasteiger partial charge in [0.05, 0.1) is 5.56 Å². The van der Waals surface area contributed by atoms with Crippen LogP contribution in [0.5, 0.6) is 11.5 Å². The number of carbonyl (C=O) groups excluding carboxylic acids is 1. The Labute approximate surface area is 138 Å². The van der Waals surface area contributed by atoms with Gasteiger partial charge in [0, 0.05) is 18.9 Å². The number of hydrogen-bond donors (Lipinski definition) is 1. The van der Waals surface area contributed by atoms with Crippen LogP contribution in [0.4, 0.5) is 4.39 Å². The monoisotopic (exact) mass is 322 g/mol. The molecule has 3 aromatic rings. The Morgan fingerprint density at radius 1 is 1.00 bits per heavy atom. The summed E-state index contributed by atoms with van der Waals surface area (Å²) in [6, 6.07) is 16.6. The highest BCUT2D eigenvalue weighted by Gasteiger charge is 2.05. The van der Waals surface area contributed by atoms with Crippen molar-refractivity contribution in [3.63, 3.8) is 0 Å². The number of carbonyl (C=O) groups is 1. The molecule has 0 spiro atoms. The highest BCUT2D eigenvalue weighted by atomic mass is 19.1. The van der Waals surface area contributed by atoms with Crippen LogP contribution < -0.4 is 10.1 Å². The number of amides is 1. The standard InChI is InChI=1S/C19H15FN2O2/c20-16-5-9-18(10-6-16)24-17-7-3-14(4-8-17)12-22-19(23)15-2-1-11-21-13-15/h1-11,13H,12H2,(H,22,23). The van der Waals surface area contributed by atoms with Gasteiger partial charge in [0.15, 0.2) is 0 Å². The highest BCUT2D eigenvalue weighted by molar-refractivity contribution is 5.93. The van der Waals surface area contributed by atoms with Gasteiger partial charge in [0.2, 0.25) is 0 Å². The van der Waals surface area contributed by atoms with Crippen LogP contribution in [-0.4, -0.2) is 10.9 Å². The lowest BCUT2D eigenvalue weighted by Gasteiger charge is -2.08. The van der Waals surface area contributed by atoms with E-state index < -0.39 is 0 Å². The molecule has 0 bridgehead atoms. The number of nitrogens with one attached hydrogen (secondary N) is 1. The first kappa shape index (κ1) is 15.7. The summed E-state index contributed by atoms with van der Waals surface area (Å²) in [6.45, 7) is 0.407. The quantitative estimate of drug-likeness (QED) is 0.774. The maximum absolute atomic E-state index is 12.9. The number of ether oxygens (including phenoxy) is 1. The van der Waals surface area contributed by atoms with Crippen LogP contribution >= 0.6 is 0 Å². The van der Waals surface area contributed by atoms with Crippen LogP contribution in [0, 0.1) is 5.82 Å². The molecule has 0 atom stereocenters. The lowest BCUT2D eigenvalue weighted by molar-refractivity contribution is 0.0950. The van der Waals surface area contributed by atoms with Crippen molar-refractivity contribution < 1.29 is 13.9 Å². The first-order valence-corrected chi connectivity index (χ1v) is 7.41. The van der Waals surface area contributed by atoms with Gasteiger partial charge in [-0.15, -0.1) is 0 Å². The van der Waals surface area contributed by atoms with E-state index in [9.17, 15) is 9.18 Å². The SMILES string of the molecule is O=C(NCc1ccc(Oc2ccc(F)cc2)cc1)c1cccnc1. The molecule has 0 aliphatic carbocycles. The molecule has 1 heterocycles. The van der Waals surface area contributed by atoms with Crippen LogP contribution in [-0.2, 0) is 6.54 Å². The van der Waals surface area contributed by atoms with E-state index in [-0.39, 0.29) is 11.7 Å². The van der Waals surface area contributed by atoms with Crippen molar-refractivity contribution in [1.29, 1.82) is 0 Å². The molecule has 4 nitrogen and oxygen atoms in total. The number of nitrogens with zero attached hydrogens (tertiary/aromatic N) is 1. The molecule has 2 aromatic carbocycles. The van der Waals surface area contributed by atoms with Crippen molar-refractivity contribution in [3.05, 3.63) is 90.0 Å². The van der Waals surface area contributed by atoms with Crippen LogP contribution in [0.1, 0.15) is 15.9 Å². The lowest BCUT2D eigenvalue weighted by atomic mass is 10.2. The normalized spacial score (nSPS) is 10.2. The second-order valence-electron chi connectivity index (χ2n) is 5.12. The first-order valence-electron chi connectivity index (χ1n) is 7.41. The Hall–Kier alpha value is -3.21.